The fourth-order valence-corrected chi connectivity index (χ4v) is 5.70. The average Bonchev–Trinajstić information content (AvgIpc) is 3.85. The number of unbranched alkanes of at least 4 members (excludes halogenated alkanes) is 13. The Morgan fingerprint density at radius 2 is 1.14 bits per heavy atom. The number of carbonyl (C=O) groups is 2. The summed E-state index contributed by atoms with van der Waals surface area (Å²) >= 11 is 0. The maximum Gasteiger partial charge on any atom is 0.469 e. The molecular weight excluding hydrogens is 667 g/mol. The molecule has 9 nitrogen and oxygen atoms in total. The fraction of sp³-hybridized carbons (Fsp3) is 0.707. The number of rotatable bonds is 34. The highest BCUT2D eigenvalue weighted by Crippen LogP contribution is 2.36. The number of phosphoric acid groups is 1. The second-order valence-electron chi connectivity index (χ2n) is 13.3. The molecule has 0 spiro atoms. The molecule has 0 aliphatic carbocycles. The van der Waals surface area contributed by atoms with Crippen LogP contribution >= 0.6 is 7.82 Å². The van der Waals surface area contributed by atoms with Gasteiger partial charge < -0.3 is 24.0 Å². The van der Waals surface area contributed by atoms with Crippen molar-refractivity contribution < 1.29 is 42.7 Å². The van der Waals surface area contributed by atoms with Gasteiger partial charge in [-0.05, 0) is 77.0 Å². The predicted molar refractivity (Wildman–Crippen MR) is 206 cm³/mol. The second-order valence-corrected chi connectivity index (χ2v) is 14.6. The number of carbonyl (C=O) groups excluding carboxylic acids is 2. The zero-order valence-corrected chi connectivity index (χ0v) is 32.6. The van der Waals surface area contributed by atoms with Gasteiger partial charge in [-0.2, -0.15) is 0 Å². The fourth-order valence-electron chi connectivity index (χ4n) is 5.34. The van der Waals surface area contributed by atoms with Crippen molar-refractivity contribution in [3.8, 4) is 0 Å². The standard InChI is InChI=1S/C41H69O9P/c1-3-5-7-9-11-13-14-15-16-17-18-20-22-24-30-34-41(43)49-37(36-48-51(44,45)46)35-47-40(42)33-29-26-25-28-32-39-38(50-39)31-27-23-21-19-12-10-8-6-4-2/h12-16,19,23,25,27-28,37-39H,3-11,17-18,20-22,24,26,29-36H2,1-2H3,(H2,44,45,46)/b14-13-,16-15-,19-12-,27-23-,28-25-/t37-,38?,39?/m1/s1. The van der Waals surface area contributed by atoms with Gasteiger partial charge in [0.1, 0.15) is 6.61 Å². The van der Waals surface area contributed by atoms with E-state index in [2.05, 4.69) is 73.1 Å². The van der Waals surface area contributed by atoms with Gasteiger partial charge in [0.2, 0.25) is 0 Å². The van der Waals surface area contributed by atoms with Crippen LogP contribution < -0.4 is 0 Å². The second kappa shape index (κ2) is 32.4. The van der Waals surface area contributed by atoms with E-state index in [0.29, 0.717) is 19.3 Å². The number of epoxide rings is 1. The van der Waals surface area contributed by atoms with Gasteiger partial charge in [0.15, 0.2) is 6.10 Å². The van der Waals surface area contributed by atoms with Crippen LogP contribution in [0.3, 0.4) is 0 Å². The Bertz CT molecular complexity index is 1080. The van der Waals surface area contributed by atoms with E-state index < -0.39 is 32.5 Å². The summed E-state index contributed by atoms with van der Waals surface area (Å²) in [6.45, 7) is 3.55. The molecule has 2 N–H and O–H groups in total. The van der Waals surface area contributed by atoms with Crippen LogP contribution in [0.4, 0.5) is 0 Å². The van der Waals surface area contributed by atoms with E-state index in [4.69, 9.17) is 24.0 Å². The molecule has 0 amide bonds. The van der Waals surface area contributed by atoms with Crippen molar-refractivity contribution in [1.82, 2.24) is 0 Å². The quantitative estimate of drug-likeness (QED) is 0.0165. The Morgan fingerprint density at radius 3 is 1.82 bits per heavy atom. The molecule has 0 aromatic rings. The lowest BCUT2D eigenvalue weighted by atomic mass is 10.1. The summed E-state index contributed by atoms with van der Waals surface area (Å²) in [4.78, 5) is 42.8. The summed E-state index contributed by atoms with van der Waals surface area (Å²) in [6, 6.07) is 0. The van der Waals surface area contributed by atoms with Crippen LogP contribution in [0, 0.1) is 0 Å². The SMILES string of the molecule is CCCCC/C=C\C/C=C\CC1OC1C/C=C\CCCC(=O)OC[C@H](COP(=O)(O)O)OC(=O)CCCCCCC/C=C\C=C/CCCCCC. The van der Waals surface area contributed by atoms with Crippen molar-refractivity contribution >= 4 is 19.8 Å². The number of hydrogen-bond acceptors (Lipinski definition) is 7. The molecule has 1 aliphatic heterocycles. The van der Waals surface area contributed by atoms with Crippen molar-refractivity contribution in [3.05, 3.63) is 60.8 Å². The highest BCUT2D eigenvalue weighted by atomic mass is 31.2. The third kappa shape index (κ3) is 32.1. The molecule has 0 aromatic carbocycles. The molecule has 0 radical (unpaired) electrons. The lowest BCUT2D eigenvalue weighted by molar-refractivity contribution is -0.161. The number of phosphoric ester groups is 1. The largest absolute Gasteiger partial charge is 0.469 e. The molecule has 0 saturated carbocycles. The van der Waals surface area contributed by atoms with Gasteiger partial charge in [-0.15, -0.1) is 0 Å². The van der Waals surface area contributed by atoms with E-state index >= 15 is 0 Å². The highest BCUT2D eigenvalue weighted by Gasteiger charge is 2.36. The molecule has 2 unspecified atom stereocenters. The van der Waals surface area contributed by atoms with Gasteiger partial charge in [-0.25, -0.2) is 4.57 Å². The molecule has 1 saturated heterocycles. The summed E-state index contributed by atoms with van der Waals surface area (Å²) in [5, 5.41) is 0. The van der Waals surface area contributed by atoms with E-state index in [-0.39, 0.29) is 31.7 Å². The highest BCUT2D eigenvalue weighted by molar-refractivity contribution is 7.46. The van der Waals surface area contributed by atoms with E-state index in [0.717, 1.165) is 64.2 Å². The third-order valence-corrected chi connectivity index (χ3v) is 8.92. The molecule has 0 aromatic heterocycles. The van der Waals surface area contributed by atoms with Crippen LogP contribution in [0.25, 0.3) is 0 Å². The molecule has 51 heavy (non-hydrogen) atoms. The molecule has 1 heterocycles. The zero-order chi connectivity index (χ0) is 37.3. The van der Waals surface area contributed by atoms with E-state index in [9.17, 15) is 14.2 Å². The van der Waals surface area contributed by atoms with Crippen LogP contribution in [0.5, 0.6) is 0 Å². The van der Waals surface area contributed by atoms with E-state index in [1.54, 1.807) is 0 Å². The van der Waals surface area contributed by atoms with Crippen molar-refractivity contribution in [2.45, 2.75) is 173 Å². The molecule has 0 bridgehead atoms. The van der Waals surface area contributed by atoms with Crippen LogP contribution in [0.1, 0.15) is 155 Å². The van der Waals surface area contributed by atoms with Crippen molar-refractivity contribution in [3.63, 3.8) is 0 Å². The summed E-state index contributed by atoms with van der Waals surface area (Å²) < 4.78 is 32.0. The predicted octanol–water partition coefficient (Wildman–Crippen LogP) is 10.7. The first kappa shape index (κ1) is 46.7. The molecule has 1 aliphatic rings. The van der Waals surface area contributed by atoms with Gasteiger partial charge in [-0.1, -0.05) is 126 Å². The maximum absolute atomic E-state index is 12.4. The van der Waals surface area contributed by atoms with Gasteiger partial charge in [-0.3, -0.25) is 14.1 Å². The van der Waals surface area contributed by atoms with Gasteiger partial charge in [0.25, 0.3) is 0 Å². The molecule has 292 valence electrons. The minimum atomic E-state index is -4.78. The Kier molecular flexibility index (Phi) is 29.7. The van der Waals surface area contributed by atoms with Crippen molar-refractivity contribution in [1.29, 1.82) is 0 Å². The molecular formula is C41H69O9P. The minimum Gasteiger partial charge on any atom is -0.462 e. The zero-order valence-electron chi connectivity index (χ0n) is 31.7. The van der Waals surface area contributed by atoms with Gasteiger partial charge in [0.05, 0.1) is 18.8 Å². The van der Waals surface area contributed by atoms with Crippen LogP contribution in [-0.2, 0) is 32.9 Å². The van der Waals surface area contributed by atoms with Crippen molar-refractivity contribution in [2.75, 3.05) is 13.2 Å². The molecule has 10 heteroatoms. The lowest BCUT2D eigenvalue weighted by Gasteiger charge is -2.18. The van der Waals surface area contributed by atoms with Crippen LogP contribution in [0.2, 0.25) is 0 Å². The average molecular weight is 737 g/mol. The normalized spacial score (nSPS) is 17.1. The van der Waals surface area contributed by atoms with Crippen LogP contribution in [0.15, 0.2) is 60.8 Å². The summed E-state index contributed by atoms with van der Waals surface area (Å²) in [5.74, 6) is -0.981. The summed E-state index contributed by atoms with van der Waals surface area (Å²) in [5.41, 5.74) is 0. The van der Waals surface area contributed by atoms with E-state index in [1.807, 2.05) is 6.08 Å². The topological polar surface area (TPSA) is 132 Å². The number of esters is 2. The Labute approximate surface area is 309 Å². The van der Waals surface area contributed by atoms with Gasteiger partial charge >= 0.3 is 19.8 Å². The maximum atomic E-state index is 12.4. The number of hydrogen-bond donors (Lipinski definition) is 2. The van der Waals surface area contributed by atoms with Gasteiger partial charge in [0, 0.05) is 12.8 Å². The first-order chi connectivity index (χ1) is 24.7. The monoisotopic (exact) mass is 736 g/mol. The molecule has 1 fully saturated rings. The lowest BCUT2D eigenvalue weighted by Crippen LogP contribution is -2.29. The minimum absolute atomic E-state index is 0.176. The van der Waals surface area contributed by atoms with Crippen molar-refractivity contribution in [2.24, 2.45) is 0 Å². The first-order valence-corrected chi connectivity index (χ1v) is 21.3. The first-order valence-electron chi connectivity index (χ1n) is 19.7. The Hall–Kier alpha value is -2.29. The smallest absolute Gasteiger partial charge is 0.462 e. The van der Waals surface area contributed by atoms with E-state index in [1.165, 1.54) is 44.9 Å². The third-order valence-electron chi connectivity index (χ3n) is 8.44. The van der Waals surface area contributed by atoms with Crippen LogP contribution in [-0.4, -0.2) is 53.3 Å². The summed E-state index contributed by atoms with van der Waals surface area (Å²) in [6.07, 6.45) is 42.5. The Balaban J connectivity index is 2.15. The molecule has 3 atom stereocenters. The molecule has 1 rings (SSSR count). The number of ether oxygens (including phenoxy) is 3. The summed E-state index contributed by atoms with van der Waals surface area (Å²) in [7, 11) is -4.78. The Morgan fingerprint density at radius 1 is 0.627 bits per heavy atom. The number of allylic oxidation sites excluding steroid dienone is 8.